The summed E-state index contributed by atoms with van der Waals surface area (Å²) in [5.74, 6) is 0.794. The summed E-state index contributed by atoms with van der Waals surface area (Å²) in [7, 11) is 6.38. The van der Waals surface area contributed by atoms with Gasteiger partial charge in [-0.15, -0.1) is 0 Å². The highest BCUT2D eigenvalue weighted by molar-refractivity contribution is 5.20. The molecule has 114 valence electrons. The summed E-state index contributed by atoms with van der Waals surface area (Å²) >= 11 is 0. The van der Waals surface area contributed by atoms with Crippen molar-refractivity contribution < 1.29 is 0 Å². The lowest BCUT2D eigenvalue weighted by Crippen LogP contribution is -2.38. The smallest absolute Gasteiger partial charge is 0.0641 e. The second-order valence-electron chi connectivity index (χ2n) is 6.28. The Hall–Kier alpha value is -0.910. The van der Waals surface area contributed by atoms with Crippen molar-refractivity contribution in [2.75, 3.05) is 40.3 Å². The Labute approximate surface area is 122 Å². The van der Waals surface area contributed by atoms with E-state index in [2.05, 4.69) is 42.1 Å². The predicted octanol–water partition coefficient (Wildman–Crippen LogP) is 1.00. The van der Waals surface area contributed by atoms with Crippen molar-refractivity contribution in [3.63, 3.8) is 0 Å². The number of likely N-dealkylation sites (N-methyl/N-ethyl adjacent to an activating group) is 1. The van der Waals surface area contributed by atoms with Gasteiger partial charge in [0.15, 0.2) is 0 Å². The van der Waals surface area contributed by atoms with Gasteiger partial charge in [0.25, 0.3) is 0 Å². The lowest BCUT2D eigenvalue weighted by molar-refractivity contribution is 0.151. The Bertz CT molecular complexity index is 420. The number of nitrogens with two attached hydrogens (primary N) is 1. The molecule has 0 aliphatic carbocycles. The van der Waals surface area contributed by atoms with E-state index in [-0.39, 0.29) is 6.04 Å². The summed E-state index contributed by atoms with van der Waals surface area (Å²) < 4.78 is 1.89. The zero-order valence-corrected chi connectivity index (χ0v) is 13.3. The molecule has 1 unspecified atom stereocenters. The van der Waals surface area contributed by atoms with Crippen molar-refractivity contribution in [3.8, 4) is 0 Å². The standard InChI is InChI=1S/C15H29N5/c1-12-14(11-20(4)17-12)15(9-16)19(3)10-13-5-7-18(2)8-6-13/h11,13,15H,5-10,16H2,1-4H3. The van der Waals surface area contributed by atoms with Crippen LogP contribution in [-0.4, -0.2) is 59.9 Å². The molecule has 5 heteroatoms. The van der Waals surface area contributed by atoms with E-state index in [0.29, 0.717) is 6.54 Å². The van der Waals surface area contributed by atoms with E-state index in [1.807, 2.05) is 11.7 Å². The lowest BCUT2D eigenvalue weighted by Gasteiger charge is -2.34. The summed E-state index contributed by atoms with van der Waals surface area (Å²) in [6.45, 7) is 6.29. The molecule has 1 atom stereocenters. The average molecular weight is 279 g/mol. The van der Waals surface area contributed by atoms with Gasteiger partial charge in [-0.3, -0.25) is 9.58 Å². The predicted molar refractivity (Wildman–Crippen MR) is 82.6 cm³/mol. The van der Waals surface area contributed by atoms with Crippen molar-refractivity contribution >= 4 is 0 Å². The van der Waals surface area contributed by atoms with Crippen LogP contribution in [0.15, 0.2) is 6.20 Å². The summed E-state index contributed by atoms with van der Waals surface area (Å²) in [6.07, 6.45) is 4.70. The Morgan fingerprint density at radius 2 is 2.05 bits per heavy atom. The summed E-state index contributed by atoms with van der Waals surface area (Å²) in [5.41, 5.74) is 8.39. The van der Waals surface area contributed by atoms with Crippen LogP contribution in [-0.2, 0) is 7.05 Å². The fourth-order valence-electron chi connectivity index (χ4n) is 3.27. The third kappa shape index (κ3) is 3.59. The van der Waals surface area contributed by atoms with Gasteiger partial charge >= 0.3 is 0 Å². The Morgan fingerprint density at radius 3 is 2.55 bits per heavy atom. The molecule has 1 aliphatic rings. The molecular weight excluding hydrogens is 250 g/mol. The molecule has 1 fully saturated rings. The number of nitrogens with zero attached hydrogens (tertiary/aromatic N) is 4. The molecule has 0 bridgehead atoms. The van der Waals surface area contributed by atoms with Gasteiger partial charge in [-0.1, -0.05) is 0 Å². The zero-order chi connectivity index (χ0) is 14.7. The van der Waals surface area contributed by atoms with Gasteiger partial charge in [0.05, 0.1) is 11.7 Å². The zero-order valence-electron chi connectivity index (χ0n) is 13.3. The second kappa shape index (κ2) is 6.70. The maximum Gasteiger partial charge on any atom is 0.0641 e. The van der Waals surface area contributed by atoms with Crippen LogP contribution >= 0.6 is 0 Å². The highest BCUT2D eigenvalue weighted by atomic mass is 15.3. The molecule has 0 aromatic carbocycles. The first kappa shape index (κ1) is 15.5. The first-order valence-corrected chi connectivity index (χ1v) is 7.60. The van der Waals surface area contributed by atoms with E-state index in [1.54, 1.807) is 0 Å². The molecule has 5 nitrogen and oxygen atoms in total. The molecule has 0 amide bonds. The monoisotopic (exact) mass is 279 g/mol. The molecule has 2 N–H and O–H groups in total. The maximum atomic E-state index is 6.02. The molecule has 20 heavy (non-hydrogen) atoms. The van der Waals surface area contributed by atoms with Crippen molar-refractivity contribution in [2.24, 2.45) is 18.7 Å². The Morgan fingerprint density at radius 1 is 1.40 bits per heavy atom. The lowest BCUT2D eigenvalue weighted by atomic mass is 9.95. The van der Waals surface area contributed by atoms with E-state index >= 15 is 0 Å². The highest BCUT2D eigenvalue weighted by Gasteiger charge is 2.24. The van der Waals surface area contributed by atoms with E-state index in [9.17, 15) is 0 Å². The molecule has 1 saturated heterocycles. The van der Waals surface area contributed by atoms with Crippen molar-refractivity contribution in [1.82, 2.24) is 19.6 Å². The number of hydrogen-bond acceptors (Lipinski definition) is 4. The number of rotatable bonds is 5. The average Bonchev–Trinajstić information content (AvgIpc) is 2.72. The van der Waals surface area contributed by atoms with Gasteiger partial charge in [-0.05, 0) is 52.9 Å². The topological polar surface area (TPSA) is 50.3 Å². The Balaban J connectivity index is 1.98. The molecule has 1 aliphatic heterocycles. The molecule has 1 aromatic rings. The van der Waals surface area contributed by atoms with Crippen LogP contribution in [0.5, 0.6) is 0 Å². The second-order valence-corrected chi connectivity index (χ2v) is 6.28. The maximum absolute atomic E-state index is 6.02. The van der Waals surface area contributed by atoms with E-state index < -0.39 is 0 Å². The number of hydrogen-bond donors (Lipinski definition) is 1. The number of aromatic nitrogens is 2. The van der Waals surface area contributed by atoms with E-state index in [1.165, 1.54) is 31.5 Å². The highest BCUT2D eigenvalue weighted by Crippen LogP contribution is 2.24. The summed E-state index contributed by atoms with van der Waals surface area (Å²) in [5, 5.41) is 4.45. The van der Waals surface area contributed by atoms with Gasteiger partial charge in [-0.2, -0.15) is 5.10 Å². The van der Waals surface area contributed by atoms with Gasteiger partial charge in [0, 0.05) is 31.9 Å². The van der Waals surface area contributed by atoms with Crippen LogP contribution in [0.4, 0.5) is 0 Å². The third-order valence-electron chi connectivity index (χ3n) is 4.55. The first-order valence-electron chi connectivity index (χ1n) is 7.60. The largest absolute Gasteiger partial charge is 0.329 e. The SMILES string of the molecule is Cc1nn(C)cc1C(CN)N(C)CC1CCN(C)CC1. The van der Waals surface area contributed by atoms with Crippen LogP contribution in [0.25, 0.3) is 0 Å². The van der Waals surface area contributed by atoms with Crippen LogP contribution in [0.3, 0.4) is 0 Å². The fraction of sp³-hybridized carbons (Fsp3) is 0.800. The minimum Gasteiger partial charge on any atom is -0.329 e. The van der Waals surface area contributed by atoms with Crippen LogP contribution in [0.1, 0.15) is 30.1 Å². The summed E-state index contributed by atoms with van der Waals surface area (Å²) in [6, 6.07) is 0.281. The molecular formula is C15H29N5. The van der Waals surface area contributed by atoms with Gasteiger partial charge < -0.3 is 10.6 Å². The quantitative estimate of drug-likeness (QED) is 0.874. The molecule has 0 radical (unpaired) electrons. The van der Waals surface area contributed by atoms with Crippen molar-refractivity contribution in [1.29, 1.82) is 0 Å². The first-order chi connectivity index (χ1) is 9.51. The number of aryl methyl sites for hydroxylation is 2. The molecule has 1 aromatic heterocycles. The molecule has 2 heterocycles. The van der Waals surface area contributed by atoms with E-state index in [4.69, 9.17) is 5.73 Å². The minimum atomic E-state index is 0.281. The van der Waals surface area contributed by atoms with Crippen LogP contribution < -0.4 is 5.73 Å². The number of likely N-dealkylation sites (tertiary alicyclic amines) is 1. The van der Waals surface area contributed by atoms with Gasteiger partial charge in [0.2, 0.25) is 0 Å². The Kier molecular flexibility index (Phi) is 5.18. The molecule has 0 saturated carbocycles. The van der Waals surface area contributed by atoms with Crippen LogP contribution in [0, 0.1) is 12.8 Å². The van der Waals surface area contributed by atoms with Gasteiger partial charge in [-0.25, -0.2) is 0 Å². The van der Waals surface area contributed by atoms with Crippen molar-refractivity contribution in [3.05, 3.63) is 17.5 Å². The molecule has 0 spiro atoms. The van der Waals surface area contributed by atoms with Crippen molar-refractivity contribution in [2.45, 2.75) is 25.8 Å². The number of piperidine rings is 1. The normalized spacial score (nSPS) is 19.7. The third-order valence-corrected chi connectivity index (χ3v) is 4.55. The van der Waals surface area contributed by atoms with E-state index in [0.717, 1.165) is 18.2 Å². The molecule has 2 rings (SSSR count). The summed E-state index contributed by atoms with van der Waals surface area (Å²) in [4.78, 5) is 4.84. The van der Waals surface area contributed by atoms with Crippen LogP contribution in [0.2, 0.25) is 0 Å². The minimum absolute atomic E-state index is 0.281. The fourth-order valence-corrected chi connectivity index (χ4v) is 3.27. The van der Waals surface area contributed by atoms with Gasteiger partial charge in [0.1, 0.15) is 0 Å².